The summed E-state index contributed by atoms with van der Waals surface area (Å²) in [6.45, 7) is 2.59. The van der Waals surface area contributed by atoms with E-state index in [2.05, 4.69) is 17.1 Å². The van der Waals surface area contributed by atoms with Crippen molar-refractivity contribution in [2.75, 3.05) is 24.6 Å². The molecule has 1 nitrogen and oxygen atoms in total. The van der Waals surface area contributed by atoms with Gasteiger partial charge in [0.2, 0.25) is 0 Å². The Balaban J connectivity index is 1.67. The Labute approximate surface area is 73.3 Å². The van der Waals surface area contributed by atoms with E-state index >= 15 is 0 Å². The van der Waals surface area contributed by atoms with Crippen LogP contribution in [0.1, 0.15) is 19.3 Å². The van der Waals surface area contributed by atoms with E-state index in [4.69, 9.17) is 0 Å². The molecular weight excluding hydrogens is 154 g/mol. The molecule has 11 heavy (non-hydrogen) atoms. The van der Waals surface area contributed by atoms with Crippen molar-refractivity contribution in [3.63, 3.8) is 0 Å². The Hall–Kier alpha value is 0.310. The largest absolute Gasteiger partial charge is 0.316 e. The highest BCUT2D eigenvalue weighted by Crippen LogP contribution is 2.28. The van der Waals surface area contributed by atoms with Gasteiger partial charge < -0.3 is 5.32 Å². The summed E-state index contributed by atoms with van der Waals surface area (Å²) >= 11 is 2.16. The van der Waals surface area contributed by atoms with Crippen molar-refractivity contribution in [1.82, 2.24) is 5.32 Å². The predicted molar refractivity (Wildman–Crippen MR) is 51.0 cm³/mol. The second-order valence-electron chi connectivity index (χ2n) is 3.84. The van der Waals surface area contributed by atoms with E-state index < -0.39 is 0 Å². The van der Waals surface area contributed by atoms with Crippen LogP contribution in [0.4, 0.5) is 0 Å². The third kappa shape index (κ3) is 2.12. The average Bonchev–Trinajstić information content (AvgIpc) is 1.99. The molecule has 0 aromatic carbocycles. The molecule has 0 aliphatic carbocycles. The number of thioether (sulfide) groups is 1. The standard InChI is InChI=1S/C9H17NS/c1-2-8(7-11-3-1)4-9-5-10-6-9/h8-10H,1-7H2. The number of hydrogen-bond acceptors (Lipinski definition) is 2. The monoisotopic (exact) mass is 171 g/mol. The van der Waals surface area contributed by atoms with Crippen LogP contribution in [-0.2, 0) is 0 Å². The van der Waals surface area contributed by atoms with Crippen molar-refractivity contribution in [1.29, 1.82) is 0 Å². The van der Waals surface area contributed by atoms with Crippen LogP contribution in [0.3, 0.4) is 0 Å². The molecule has 2 heteroatoms. The molecule has 2 rings (SSSR count). The first-order valence-electron chi connectivity index (χ1n) is 4.73. The average molecular weight is 171 g/mol. The fourth-order valence-electron chi connectivity index (χ4n) is 1.98. The Morgan fingerprint density at radius 3 is 2.73 bits per heavy atom. The molecule has 2 aliphatic heterocycles. The number of hydrogen-bond donors (Lipinski definition) is 1. The van der Waals surface area contributed by atoms with E-state index in [1.165, 1.54) is 43.9 Å². The molecule has 0 spiro atoms. The van der Waals surface area contributed by atoms with E-state index in [1.54, 1.807) is 0 Å². The summed E-state index contributed by atoms with van der Waals surface area (Å²) in [7, 11) is 0. The Morgan fingerprint density at radius 1 is 1.27 bits per heavy atom. The normalized spacial score (nSPS) is 33.3. The highest BCUT2D eigenvalue weighted by molar-refractivity contribution is 7.99. The topological polar surface area (TPSA) is 12.0 Å². The molecule has 0 aromatic rings. The quantitative estimate of drug-likeness (QED) is 0.679. The van der Waals surface area contributed by atoms with Crippen LogP contribution in [-0.4, -0.2) is 24.6 Å². The first-order valence-corrected chi connectivity index (χ1v) is 5.89. The van der Waals surface area contributed by atoms with Gasteiger partial charge in [-0.05, 0) is 55.7 Å². The fourth-order valence-corrected chi connectivity index (χ4v) is 3.15. The highest BCUT2D eigenvalue weighted by Gasteiger charge is 2.22. The van der Waals surface area contributed by atoms with Gasteiger partial charge >= 0.3 is 0 Å². The van der Waals surface area contributed by atoms with Crippen molar-refractivity contribution in [2.24, 2.45) is 11.8 Å². The van der Waals surface area contributed by atoms with Crippen molar-refractivity contribution in [3.8, 4) is 0 Å². The molecule has 2 aliphatic rings. The van der Waals surface area contributed by atoms with Crippen LogP contribution in [0.2, 0.25) is 0 Å². The van der Waals surface area contributed by atoms with E-state index in [1.807, 2.05) is 0 Å². The maximum atomic E-state index is 3.34. The van der Waals surface area contributed by atoms with Crippen molar-refractivity contribution < 1.29 is 0 Å². The molecule has 0 bridgehead atoms. The molecule has 0 aromatic heterocycles. The second kappa shape index (κ2) is 3.81. The van der Waals surface area contributed by atoms with Gasteiger partial charge in [0.25, 0.3) is 0 Å². The summed E-state index contributed by atoms with van der Waals surface area (Å²) < 4.78 is 0. The maximum absolute atomic E-state index is 3.34. The molecule has 2 saturated heterocycles. The Bertz CT molecular complexity index is 117. The van der Waals surface area contributed by atoms with Gasteiger partial charge in [-0.3, -0.25) is 0 Å². The third-order valence-electron chi connectivity index (χ3n) is 2.79. The molecule has 1 N–H and O–H groups in total. The van der Waals surface area contributed by atoms with Crippen molar-refractivity contribution in [3.05, 3.63) is 0 Å². The minimum Gasteiger partial charge on any atom is -0.316 e. The minimum absolute atomic E-state index is 1.03. The fraction of sp³-hybridized carbons (Fsp3) is 1.00. The zero-order valence-electron chi connectivity index (χ0n) is 7.01. The van der Waals surface area contributed by atoms with Gasteiger partial charge in [-0.2, -0.15) is 11.8 Å². The van der Waals surface area contributed by atoms with Crippen molar-refractivity contribution >= 4 is 11.8 Å². The van der Waals surface area contributed by atoms with Crippen LogP contribution in [0.25, 0.3) is 0 Å². The number of nitrogens with one attached hydrogen (secondary N) is 1. The molecule has 0 radical (unpaired) electrons. The zero-order chi connectivity index (χ0) is 7.52. The van der Waals surface area contributed by atoms with Gasteiger partial charge in [-0.1, -0.05) is 0 Å². The molecular formula is C9H17NS. The maximum Gasteiger partial charge on any atom is -0.000815 e. The second-order valence-corrected chi connectivity index (χ2v) is 4.99. The highest BCUT2D eigenvalue weighted by atomic mass is 32.2. The summed E-state index contributed by atoms with van der Waals surface area (Å²) in [4.78, 5) is 0. The van der Waals surface area contributed by atoms with Gasteiger partial charge in [0.05, 0.1) is 0 Å². The molecule has 1 unspecified atom stereocenters. The Morgan fingerprint density at radius 2 is 2.18 bits per heavy atom. The van der Waals surface area contributed by atoms with Gasteiger partial charge in [0, 0.05) is 0 Å². The van der Waals surface area contributed by atoms with Crippen LogP contribution in [0, 0.1) is 11.8 Å². The first-order chi connectivity index (χ1) is 5.45. The van der Waals surface area contributed by atoms with Gasteiger partial charge in [-0.25, -0.2) is 0 Å². The smallest absolute Gasteiger partial charge is 0.000815 e. The lowest BCUT2D eigenvalue weighted by Crippen LogP contribution is -2.43. The van der Waals surface area contributed by atoms with Gasteiger partial charge in [0.1, 0.15) is 0 Å². The lowest BCUT2D eigenvalue weighted by Gasteiger charge is -2.32. The van der Waals surface area contributed by atoms with E-state index in [0.717, 1.165) is 11.8 Å². The molecule has 2 fully saturated rings. The molecule has 0 saturated carbocycles. The van der Waals surface area contributed by atoms with Gasteiger partial charge in [0.15, 0.2) is 0 Å². The SMILES string of the molecule is C1CSCC(CC2CNC2)C1. The van der Waals surface area contributed by atoms with Crippen LogP contribution in [0.15, 0.2) is 0 Å². The third-order valence-corrected chi connectivity index (χ3v) is 4.07. The van der Waals surface area contributed by atoms with E-state index in [9.17, 15) is 0 Å². The number of rotatable bonds is 2. The predicted octanol–water partition coefficient (Wildman–Crippen LogP) is 1.74. The van der Waals surface area contributed by atoms with E-state index in [-0.39, 0.29) is 0 Å². The van der Waals surface area contributed by atoms with Crippen LogP contribution in [0.5, 0.6) is 0 Å². The Kier molecular flexibility index (Phi) is 2.75. The van der Waals surface area contributed by atoms with Crippen molar-refractivity contribution in [2.45, 2.75) is 19.3 Å². The molecule has 64 valence electrons. The zero-order valence-corrected chi connectivity index (χ0v) is 7.83. The molecule has 1 atom stereocenters. The summed E-state index contributed by atoms with van der Waals surface area (Å²) in [5, 5.41) is 3.34. The summed E-state index contributed by atoms with van der Waals surface area (Å²) in [5.74, 6) is 4.94. The van der Waals surface area contributed by atoms with Crippen LogP contribution >= 0.6 is 11.8 Å². The summed E-state index contributed by atoms with van der Waals surface area (Å²) in [6.07, 6.45) is 4.47. The molecule has 2 heterocycles. The van der Waals surface area contributed by atoms with E-state index in [0.29, 0.717) is 0 Å². The lowest BCUT2D eigenvalue weighted by atomic mass is 9.89. The summed E-state index contributed by atoms with van der Waals surface area (Å²) in [6, 6.07) is 0. The van der Waals surface area contributed by atoms with Gasteiger partial charge in [-0.15, -0.1) is 0 Å². The molecule has 0 amide bonds. The minimum atomic E-state index is 1.03. The first kappa shape index (κ1) is 7.93. The van der Waals surface area contributed by atoms with Crippen LogP contribution < -0.4 is 5.32 Å². The summed E-state index contributed by atoms with van der Waals surface area (Å²) in [5.41, 5.74) is 0. The lowest BCUT2D eigenvalue weighted by molar-refractivity contribution is 0.277.